The van der Waals surface area contributed by atoms with E-state index >= 15 is 0 Å². The molecule has 2 rings (SSSR count). The van der Waals surface area contributed by atoms with Gasteiger partial charge in [0.15, 0.2) is 0 Å². The summed E-state index contributed by atoms with van der Waals surface area (Å²) in [6.07, 6.45) is 1.63. The Morgan fingerprint density at radius 1 is 1.35 bits per heavy atom. The summed E-state index contributed by atoms with van der Waals surface area (Å²) < 4.78 is 0. The minimum absolute atomic E-state index is 0.0289. The Kier molecular flexibility index (Phi) is 3.09. The highest BCUT2D eigenvalue weighted by atomic mass is 16.4. The van der Waals surface area contributed by atoms with Crippen molar-refractivity contribution in [3.05, 3.63) is 41.7 Å². The smallest absolute Gasteiger partial charge is 0.309 e. The van der Waals surface area contributed by atoms with Crippen molar-refractivity contribution in [1.29, 1.82) is 0 Å². The van der Waals surface area contributed by atoms with Gasteiger partial charge < -0.3 is 5.11 Å². The molecular formula is C14H15NO2. The molecule has 88 valence electrons. The molecule has 3 nitrogen and oxygen atoms in total. The Bertz CT molecular complexity index is 561. The van der Waals surface area contributed by atoms with Gasteiger partial charge in [-0.25, -0.2) is 0 Å². The average Bonchev–Trinajstić information content (AvgIpc) is 2.28. The van der Waals surface area contributed by atoms with Gasteiger partial charge in [-0.2, -0.15) is 0 Å². The highest BCUT2D eigenvalue weighted by Crippen LogP contribution is 2.23. The standard InChI is InChI=1S/C14H15NO2/c1-9(2)11-4-3-10-5-6-15-13(8-14(16)17)12(10)7-11/h3-7,9H,8H2,1-2H3,(H,16,17). The molecule has 17 heavy (non-hydrogen) atoms. The molecule has 1 heterocycles. The predicted molar refractivity (Wildman–Crippen MR) is 67.2 cm³/mol. The highest BCUT2D eigenvalue weighted by molar-refractivity contribution is 5.87. The van der Waals surface area contributed by atoms with Crippen LogP contribution in [0, 0.1) is 0 Å². The van der Waals surface area contributed by atoms with Crippen LogP contribution in [0.2, 0.25) is 0 Å². The van der Waals surface area contributed by atoms with Crippen LogP contribution in [0.3, 0.4) is 0 Å². The van der Waals surface area contributed by atoms with Crippen molar-refractivity contribution < 1.29 is 9.90 Å². The third-order valence-electron chi connectivity index (χ3n) is 2.86. The number of benzene rings is 1. The van der Waals surface area contributed by atoms with Crippen molar-refractivity contribution in [3.63, 3.8) is 0 Å². The van der Waals surface area contributed by atoms with Gasteiger partial charge in [-0.05, 0) is 29.0 Å². The van der Waals surface area contributed by atoms with Crippen LogP contribution in [-0.2, 0) is 11.2 Å². The molecule has 0 atom stereocenters. The van der Waals surface area contributed by atoms with E-state index in [4.69, 9.17) is 5.11 Å². The molecule has 1 N–H and O–H groups in total. The lowest BCUT2D eigenvalue weighted by Crippen LogP contribution is -2.03. The molecule has 2 aromatic rings. The minimum Gasteiger partial charge on any atom is -0.481 e. The molecule has 0 saturated carbocycles. The van der Waals surface area contributed by atoms with E-state index in [-0.39, 0.29) is 6.42 Å². The van der Waals surface area contributed by atoms with E-state index in [1.165, 1.54) is 5.56 Å². The van der Waals surface area contributed by atoms with E-state index in [0.29, 0.717) is 11.6 Å². The van der Waals surface area contributed by atoms with Crippen LogP contribution in [0.5, 0.6) is 0 Å². The lowest BCUT2D eigenvalue weighted by atomic mass is 9.98. The third-order valence-corrected chi connectivity index (χ3v) is 2.86. The van der Waals surface area contributed by atoms with Gasteiger partial charge in [0.05, 0.1) is 12.1 Å². The summed E-state index contributed by atoms with van der Waals surface area (Å²) in [6.45, 7) is 4.24. The molecule has 0 bridgehead atoms. The number of rotatable bonds is 3. The van der Waals surface area contributed by atoms with Crippen molar-refractivity contribution in [2.45, 2.75) is 26.2 Å². The van der Waals surface area contributed by atoms with Gasteiger partial charge in [-0.3, -0.25) is 9.78 Å². The fourth-order valence-corrected chi connectivity index (χ4v) is 1.89. The molecule has 0 fully saturated rings. The van der Waals surface area contributed by atoms with Gasteiger partial charge in [0.2, 0.25) is 0 Å². The summed E-state index contributed by atoms with van der Waals surface area (Å²) in [6, 6.07) is 8.06. The van der Waals surface area contributed by atoms with Crippen molar-refractivity contribution in [3.8, 4) is 0 Å². The van der Waals surface area contributed by atoms with Crippen LogP contribution in [0.25, 0.3) is 10.8 Å². The lowest BCUT2D eigenvalue weighted by Gasteiger charge is -2.09. The van der Waals surface area contributed by atoms with Crippen LogP contribution < -0.4 is 0 Å². The molecule has 1 aromatic carbocycles. The van der Waals surface area contributed by atoms with Crippen molar-refractivity contribution in [2.75, 3.05) is 0 Å². The number of aliphatic carboxylic acids is 1. The zero-order valence-corrected chi connectivity index (χ0v) is 9.97. The van der Waals surface area contributed by atoms with Crippen LogP contribution in [0.4, 0.5) is 0 Å². The summed E-state index contributed by atoms with van der Waals surface area (Å²) in [7, 11) is 0. The number of pyridine rings is 1. The van der Waals surface area contributed by atoms with Crippen LogP contribution in [-0.4, -0.2) is 16.1 Å². The van der Waals surface area contributed by atoms with Crippen molar-refractivity contribution >= 4 is 16.7 Å². The fourth-order valence-electron chi connectivity index (χ4n) is 1.89. The predicted octanol–water partition coefficient (Wildman–Crippen LogP) is 2.99. The third kappa shape index (κ3) is 2.44. The van der Waals surface area contributed by atoms with Gasteiger partial charge in [0.1, 0.15) is 0 Å². The Balaban J connectivity index is 2.59. The van der Waals surface area contributed by atoms with Crippen molar-refractivity contribution in [1.82, 2.24) is 4.98 Å². The monoisotopic (exact) mass is 229 g/mol. The first-order chi connectivity index (χ1) is 8.08. The number of hydrogen-bond donors (Lipinski definition) is 1. The van der Waals surface area contributed by atoms with Crippen molar-refractivity contribution in [2.24, 2.45) is 0 Å². The first kappa shape index (κ1) is 11.6. The van der Waals surface area contributed by atoms with Crippen LogP contribution in [0.15, 0.2) is 30.5 Å². The second-order valence-electron chi connectivity index (χ2n) is 4.46. The highest BCUT2D eigenvalue weighted by Gasteiger charge is 2.08. The molecule has 0 aliphatic rings. The summed E-state index contributed by atoms with van der Waals surface area (Å²) in [5.74, 6) is -0.419. The zero-order chi connectivity index (χ0) is 12.4. The molecule has 0 spiro atoms. The van der Waals surface area contributed by atoms with Gasteiger partial charge in [-0.15, -0.1) is 0 Å². The number of carbonyl (C=O) groups is 1. The number of carboxylic acid groups (broad SMARTS) is 1. The van der Waals surface area contributed by atoms with E-state index < -0.39 is 5.97 Å². The minimum atomic E-state index is -0.847. The average molecular weight is 229 g/mol. The number of aromatic nitrogens is 1. The fraction of sp³-hybridized carbons (Fsp3) is 0.286. The van der Waals surface area contributed by atoms with Crippen LogP contribution in [0.1, 0.15) is 31.0 Å². The summed E-state index contributed by atoms with van der Waals surface area (Å²) >= 11 is 0. The van der Waals surface area contributed by atoms with Gasteiger partial charge in [-0.1, -0.05) is 26.0 Å². The SMILES string of the molecule is CC(C)c1ccc2ccnc(CC(=O)O)c2c1. The van der Waals surface area contributed by atoms with E-state index in [9.17, 15) is 4.79 Å². The topological polar surface area (TPSA) is 50.2 Å². The molecule has 1 aromatic heterocycles. The first-order valence-electron chi connectivity index (χ1n) is 5.67. The van der Waals surface area contributed by atoms with E-state index in [1.54, 1.807) is 6.20 Å². The largest absolute Gasteiger partial charge is 0.481 e. The number of nitrogens with zero attached hydrogens (tertiary/aromatic N) is 1. The molecule has 0 saturated heterocycles. The second kappa shape index (κ2) is 4.53. The maximum absolute atomic E-state index is 10.8. The normalized spacial score (nSPS) is 11.0. The number of carboxylic acids is 1. The Morgan fingerprint density at radius 3 is 2.76 bits per heavy atom. The lowest BCUT2D eigenvalue weighted by molar-refractivity contribution is -0.136. The maximum Gasteiger partial charge on any atom is 0.309 e. The molecule has 3 heteroatoms. The molecule has 0 amide bonds. The summed E-state index contributed by atoms with van der Waals surface area (Å²) in [5.41, 5.74) is 1.84. The van der Waals surface area contributed by atoms with Crippen LogP contribution >= 0.6 is 0 Å². The second-order valence-corrected chi connectivity index (χ2v) is 4.46. The van der Waals surface area contributed by atoms with Gasteiger partial charge in [0, 0.05) is 11.6 Å². The molecule has 0 aliphatic carbocycles. The summed E-state index contributed by atoms with van der Waals surface area (Å²) in [5, 5.41) is 10.9. The zero-order valence-electron chi connectivity index (χ0n) is 9.97. The molecule has 0 aliphatic heterocycles. The molecule has 0 radical (unpaired) electrons. The Labute approximate surface area is 100 Å². The quantitative estimate of drug-likeness (QED) is 0.880. The van der Waals surface area contributed by atoms with Gasteiger partial charge in [0.25, 0.3) is 0 Å². The Hall–Kier alpha value is -1.90. The van der Waals surface area contributed by atoms with E-state index in [0.717, 1.165) is 10.8 Å². The maximum atomic E-state index is 10.8. The van der Waals surface area contributed by atoms with E-state index in [2.05, 4.69) is 24.9 Å². The summed E-state index contributed by atoms with van der Waals surface area (Å²) in [4.78, 5) is 15.0. The first-order valence-corrected chi connectivity index (χ1v) is 5.67. The number of hydrogen-bond acceptors (Lipinski definition) is 2. The number of fused-ring (bicyclic) bond motifs is 1. The Morgan fingerprint density at radius 2 is 2.12 bits per heavy atom. The molecule has 0 unspecified atom stereocenters. The van der Waals surface area contributed by atoms with Gasteiger partial charge >= 0.3 is 5.97 Å². The van der Waals surface area contributed by atoms with E-state index in [1.807, 2.05) is 18.2 Å². The molecular weight excluding hydrogens is 214 g/mol.